The van der Waals surface area contributed by atoms with E-state index in [-0.39, 0.29) is 24.7 Å². The van der Waals surface area contributed by atoms with Crippen LogP contribution in [0.4, 0.5) is 5.95 Å². The van der Waals surface area contributed by atoms with Gasteiger partial charge in [-0.1, -0.05) is 0 Å². The molecule has 5 heteroatoms. The number of rotatable bonds is 1. The fourth-order valence-corrected chi connectivity index (χ4v) is 1.29. The molecule has 72 valence electrons. The third-order valence-corrected chi connectivity index (χ3v) is 1.99. The first kappa shape index (κ1) is 8.80. The Bertz CT molecular complexity index is 386. The van der Waals surface area contributed by atoms with Gasteiger partial charge in [0.25, 0.3) is 0 Å². The van der Waals surface area contributed by atoms with E-state index in [2.05, 4.69) is 9.97 Å². The smallest absolute Gasteiger partial charge is 0.237 e. The summed E-state index contributed by atoms with van der Waals surface area (Å²) < 4.78 is 0. The largest absolute Gasteiger partial charge is 0.297 e. The van der Waals surface area contributed by atoms with E-state index in [1.807, 2.05) is 6.92 Å². The van der Waals surface area contributed by atoms with Crippen LogP contribution in [-0.4, -0.2) is 28.2 Å². The second kappa shape index (κ2) is 3.17. The third-order valence-electron chi connectivity index (χ3n) is 1.99. The molecule has 1 amide bonds. The fraction of sp³-hybridized carbons (Fsp3) is 0.333. The Morgan fingerprint density at radius 1 is 1.29 bits per heavy atom. The van der Waals surface area contributed by atoms with Gasteiger partial charge in [-0.25, -0.2) is 9.97 Å². The highest BCUT2D eigenvalue weighted by Crippen LogP contribution is 2.13. The minimum Gasteiger partial charge on any atom is -0.297 e. The Balaban J connectivity index is 2.27. The molecule has 1 saturated heterocycles. The molecule has 2 heterocycles. The first-order chi connectivity index (χ1) is 6.66. The molecule has 0 unspecified atom stereocenters. The van der Waals surface area contributed by atoms with E-state index in [9.17, 15) is 9.59 Å². The number of hydrogen-bond acceptors (Lipinski definition) is 4. The van der Waals surface area contributed by atoms with Gasteiger partial charge in [0.2, 0.25) is 11.9 Å². The van der Waals surface area contributed by atoms with Crippen molar-refractivity contribution >= 4 is 17.6 Å². The molecule has 0 spiro atoms. The Hall–Kier alpha value is -1.78. The minimum absolute atomic E-state index is 0.0305. The maximum atomic E-state index is 11.3. The van der Waals surface area contributed by atoms with Crippen molar-refractivity contribution in [3.63, 3.8) is 0 Å². The van der Waals surface area contributed by atoms with Crippen molar-refractivity contribution in [1.82, 2.24) is 9.97 Å². The molecule has 0 bridgehead atoms. The van der Waals surface area contributed by atoms with E-state index < -0.39 is 0 Å². The summed E-state index contributed by atoms with van der Waals surface area (Å²) in [7, 11) is 0. The SMILES string of the molecule is Cc1cnc(N2CC(=O)CC2=O)nc1. The van der Waals surface area contributed by atoms with Crippen LogP contribution >= 0.6 is 0 Å². The summed E-state index contributed by atoms with van der Waals surface area (Å²) in [5.41, 5.74) is 0.923. The number of nitrogens with zero attached hydrogens (tertiary/aromatic N) is 3. The van der Waals surface area contributed by atoms with Gasteiger partial charge >= 0.3 is 0 Å². The highest BCUT2D eigenvalue weighted by atomic mass is 16.2. The van der Waals surface area contributed by atoms with Gasteiger partial charge in [0, 0.05) is 12.4 Å². The summed E-state index contributed by atoms with van der Waals surface area (Å²) in [6.07, 6.45) is 3.22. The maximum Gasteiger partial charge on any atom is 0.237 e. The Kier molecular flexibility index (Phi) is 1.99. The molecule has 0 N–H and O–H groups in total. The summed E-state index contributed by atoms with van der Waals surface area (Å²) in [4.78, 5) is 31.6. The summed E-state index contributed by atoms with van der Waals surface area (Å²) in [5, 5.41) is 0. The Labute approximate surface area is 80.8 Å². The number of carbonyl (C=O) groups is 2. The lowest BCUT2D eigenvalue weighted by Gasteiger charge is -2.11. The quantitative estimate of drug-likeness (QED) is 0.590. The normalized spacial score (nSPS) is 16.5. The highest BCUT2D eigenvalue weighted by molar-refractivity contribution is 6.14. The molecule has 0 atom stereocenters. The van der Waals surface area contributed by atoms with Gasteiger partial charge in [-0.3, -0.25) is 14.5 Å². The van der Waals surface area contributed by atoms with E-state index in [1.54, 1.807) is 12.4 Å². The van der Waals surface area contributed by atoms with Crippen LogP contribution in [0.3, 0.4) is 0 Å². The molecule has 0 radical (unpaired) electrons. The van der Waals surface area contributed by atoms with Gasteiger partial charge in [0.1, 0.15) is 0 Å². The van der Waals surface area contributed by atoms with Gasteiger partial charge in [-0.05, 0) is 12.5 Å². The van der Waals surface area contributed by atoms with E-state index in [0.717, 1.165) is 5.56 Å². The van der Waals surface area contributed by atoms with Gasteiger partial charge in [0.15, 0.2) is 5.78 Å². The van der Waals surface area contributed by atoms with Crippen LogP contribution < -0.4 is 4.90 Å². The standard InChI is InChI=1S/C9H9N3O2/c1-6-3-10-9(11-4-6)12-5-7(13)2-8(12)14/h3-4H,2,5H2,1H3. The lowest BCUT2D eigenvalue weighted by molar-refractivity contribution is -0.121. The van der Waals surface area contributed by atoms with Crippen LogP contribution in [0.2, 0.25) is 0 Å². The molecule has 5 nitrogen and oxygen atoms in total. The summed E-state index contributed by atoms with van der Waals surface area (Å²) >= 11 is 0. The van der Waals surface area contributed by atoms with Crippen molar-refractivity contribution in [2.75, 3.05) is 11.4 Å². The number of ketones is 1. The number of anilines is 1. The first-order valence-corrected chi connectivity index (χ1v) is 4.27. The third kappa shape index (κ3) is 1.48. The predicted octanol–water partition coefficient (Wildman–Crippen LogP) is 0.0908. The molecule has 2 rings (SSSR count). The number of aryl methyl sites for hydroxylation is 1. The topological polar surface area (TPSA) is 63.2 Å². The highest BCUT2D eigenvalue weighted by Gasteiger charge is 2.30. The van der Waals surface area contributed by atoms with Crippen LogP contribution in [0.1, 0.15) is 12.0 Å². The zero-order valence-corrected chi connectivity index (χ0v) is 7.73. The summed E-state index contributed by atoms with van der Waals surface area (Å²) in [5.74, 6) is 0.00415. The molecular weight excluding hydrogens is 182 g/mol. The zero-order valence-electron chi connectivity index (χ0n) is 7.73. The van der Waals surface area contributed by atoms with Crippen molar-refractivity contribution in [3.05, 3.63) is 18.0 Å². The second-order valence-corrected chi connectivity index (χ2v) is 3.26. The van der Waals surface area contributed by atoms with Gasteiger partial charge in [0.05, 0.1) is 13.0 Å². The van der Waals surface area contributed by atoms with E-state index >= 15 is 0 Å². The van der Waals surface area contributed by atoms with Crippen molar-refractivity contribution in [1.29, 1.82) is 0 Å². The van der Waals surface area contributed by atoms with Crippen LogP contribution in [0.25, 0.3) is 0 Å². The zero-order chi connectivity index (χ0) is 10.1. The summed E-state index contributed by atoms with van der Waals surface area (Å²) in [6.45, 7) is 1.96. The second-order valence-electron chi connectivity index (χ2n) is 3.26. The average molecular weight is 191 g/mol. The number of aromatic nitrogens is 2. The number of hydrogen-bond donors (Lipinski definition) is 0. The molecule has 1 aromatic rings. The lowest BCUT2D eigenvalue weighted by Crippen LogP contribution is -2.26. The first-order valence-electron chi connectivity index (χ1n) is 4.27. The molecule has 1 aliphatic rings. The van der Waals surface area contributed by atoms with Gasteiger partial charge in [-0.15, -0.1) is 0 Å². The Morgan fingerprint density at radius 3 is 2.43 bits per heavy atom. The van der Waals surface area contributed by atoms with E-state index in [1.165, 1.54) is 4.90 Å². The predicted molar refractivity (Wildman–Crippen MR) is 48.7 cm³/mol. The van der Waals surface area contributed by atoms with Gasteiger partial charge in [-0.2, -0.15) is 0 Å². The number of carbonyl (C=O) groups excluding carboxylic acids is 2. The molecule has 0 aromatic carbocycles. The van der Waals surface area contributed by atoms with Crippen molar-refractivity contribution in [3.8, 4) is 0 Å². The molecule has 0 saturated carbocycles. The van der Waals surface area contributed by atoms with E-state index in [0.29, 0.717) is 5.95 Å². The van der Waals surface area contributed by atoms with Crippen LogP contribution in [-0.2, 0) is 9.59 Å². The van der Waals surface area contributed by atoms with Crippen LogP contribution in [0, 0.1) is 6.92 Å². The number of Topliss-reactive ketones (excluding diaryl/α,β-unsaturated/α-hetero) is 1. The monoisotopic (exact) mass is 191 g/mol. The molecule has 14 heavy (non-hydrogen) atoms. The van der Waals surface area contributed by atoms with Gasteiger partial charge < -0.3 is 0 Å². The lowest BCUT2D eigenvalue weighted by atomic mass is 10.3. The van der Waals surface area contributed by atoms with Crippen molar-refractivity contribution in [2.24, 2.45) is 0 Å². The number of amides is 1. The minimum atomic E-state index is -0.223. The Morgan fingerprint density at radius 2 is 1.93 bits per heavy atom. The van der Waals surface area contributed by atoms with Crippen molar-refractivity contribution in [2.45, 2.75) is 13.3 Å². The summed E-state index contributed by atoms with van der Waals surface area (Å²) in [6, 6.07) is 0. The molecule has 1 fully saturated rings. The van der Waals surface area contributed by atoms with Crippen molar-refractivity contribution < 1.29 is 9.59 Å². The van der Waals surface area contributed by atoms with Crippen LogP contribution in [0.15, 0.2) is 12.4 Å². The molecular formula is C9H9N3O2. The molecule has 1 aliphatic heterocycles. The molecule has 0 aliphatic carbocycles. The maximum absolute atomic E-state index is 11.3. The van der Waals surface area contributed by atoms with E-state index in [4.69, 9.17) is 0 Å². The molecule has 1 aromatic heterocycles. The average Bonchev–Trinajstić information content (AvgIpc) is 2.47. The fourth-order valence-electron chi connectivity index (χ4n) is 1.29. The van der Waals surface area contributed by atoms with Crippen LogP contribution in [0.5, 0.6) is 0 Å².